The summed E-state index contributed by atoms with van der Waals surface area (Å²) in [5.74, 6) is -1.72. The monoisotopic (exact) mass is 240 g/mol. The topological polar surface area (TPSA) is 52.0 Å². The van der Waals surface area contributed by atoms with Crippen molar-refractivity contribution in [3.63, 3.8) is 0 Å². The first-order valence-corrected chi connectivity index (χ1v) is 5.46. The van der Waals surface area contributed by atoms with Crippen LogP contribution in [-0.4, -0.2) is 0 Å². The predicted molar refractivity (Wildman–Crippen MR) is 61.2 cm³/mol. The summed E-state index contributed by atoms with van der Waals surface area (Å²) < 4.78 is 27.0. The van der Waals surface area contributed by atoms with Crippen molar-refractivity contribution in [1.29, 1.82) is 0 Å². The van der Waals surface area contributed by atoms with Crippen molar-refractivity contribution >= 4 is 11.8 Å². The number of hydrogen-bond acceptors (Lipinski definition) is 3. The van der Waals surface area contributed by atoms with Crippen molar-refractivity contribution in [1.82, 2.24) is 0 Å². The minimum atomic E-state index is -0.593. The van der Waals surface area contributed by atoms with Gasteiger partial charge in [0.25, 0.3) is 0 Å². The van der Waals surface area contributed by atoms with E-state index in [9.17, 15) is 8.78 Å². The van der Waals surface area contributed by atoms with Gasteiger partial charge in [0.2, 0.25) is 0 Å². The van der Waals surface area contributed by atoms with Gasteiger partial charge in [0.15, 0.2) is 0 Å². The molecule has 16 heavy (non-hydrogen) atoms. The zero-order valence-electron chi connectivity index (χ0n) is 8.28. The number of benzene rings is 1. The maximum atomic E-state index is 13.5. The van der Waals surface area contributed by atoms with Crippen LogP contribution in [-0.2, 0) is 0 Å². The Morgan fingerprint density at radius 1 is 1.00 bits per heavy atom. The Bertz CT molecular complexity index is 445. The van der Waals surface area contributed by atoms with Crippen LogP contribution < -0.4 is 11.5 Å². The SMILES string of the molecule is NC1=CC(c2c(F)cccc2F)C=C(N)S1. The molecule has 0 atom stereocenters. The van der Waals surface area contributed by atoms with Crippen molar-refractivity contribution in [3.05, 3.63) is 57.6 Å². The molecule has 0 radical (unpaired) electrons. The molecule has 1 aliphatic rings. The van der Waals surface area contributed by atoms with Gasteiger partial charge in [0.1, 0.15) is 11.6 Å². The molecule has 0 saturated carbocycles. The first kappa shape index (κ1) is 11.0. The van der Waals surface area contributed by atoms with E-state index in [0.29, 0.717) is 10.1 Å². The largest absolute Gasteiger partial charge is 0.393 e. The minimum Gasteiger partial charge on any atom is -0.393 e. The Balaban J connectivity index is 2.48. The number of thioether (sulfide) groups is 1. The lowest BCUT2D eigenvalue weighted by molar-refractivity contribution is 0.555. The Morgan fingerprint density at radius 2 is 1.50 bits per heavy atom. The Labute approximate surface area is 96.0 Å². The molecule has 0 aromatic heterocycles. The summed E-state index contributed by atoms with van der Waals surface area (Å²) in [4.78, 5) is 0. The first-order chi connectivity index (χ1) is 7.58. The molecule has 1 aromatic rings. The van der Waals surface area contributed by atoms with Crippen molar-refractivity contribution < 1.29 is 8.78 Å². The summed E-state index contributed by atoms with van der Waals surface area (Å²) in [5.41, 5.74) is 11.2. The zero-order valence-corrected chi connectivity index (χ0v) is 9.10. The van der Waals surface area contributed by atoms with Crippen molar-refractivity contribution in [3.8, 4) is 0 Å². The van der Waals surface area contributed by atoms with Crippen LogP contribution in [0.1, 0.15) is 11.5 Å². The van der Waals surface area contributed by atoms with Gasteiger partial charge in [0, 0.05) is 11.5 Å². The van der Waals surface area contributed by atoms with Crippen LogP contribution in [0.3, 0.4) is 0 Å². The van der Waals surface area contributed by atoms with Crippen LogP contribution in [0.4, 0.5) is 8.78 Å². The molecule has 2 rings (SSSR count). The van der Waals surface area contributed by atoms with Gasteiger partial charge in [-0.2, -0.15) is 0 Å². The third-order valence-electron chi connectivity index (χ3n) is 2.26. The maximum absolute atomic E-state index is 13.5. The molecule has 2 nitrogen and oxygen atoms in total. The fourth-order valence-corrected chi connectivity index (χ4v) is 2.30. The molecule has 5 heteroatoms. The fraction of sp³-hybridized carbons (Fsp3) is 0.0909. The average Bonchev–Trinajstić information content (AvgIpc) is 2.15. The summed E-state index contributed by atoms with van der Waals surface area (Å²) >= 11 is 1.18. The molecule has 0 bridgehead atoms. The molecular weight excluding hydrogens is 230 g/mol. The molecule has 0 unspecified atom stereocenters. The van der Waals surface area contributed by atoms with E-state index in [4.69, 9.17) is 11.5 Å². The number of halogens is 2. The van der Waals surface area contributed by atoms with Crippen LogP contribution in [0, 0.1) is 11.6 Å². The Kier molecular flexibility index (Phi) is 2.87. The van der Waals surface area contributed by atoms with E-state index in [-0.39, 0.29) is 5.56 Å². The smallest absolute Gasteiger partial charge is 0.130 e. The second-order valence-electron chi connectivity index (χ2n) is 3.40. The molecule has 1 heterocycles. The fourth-order valence-electron chi connectivity index (χ4n) is 1.60. The van der Waals surface area contributed by atoms with Crippen molar-refractivity contribution in [2.45, 2.75) is 5.92 Å². The van der Waals surface area contributed by atoms with Gasteiger partial charge in [-0.05, 0) is 24.3 Å². The highest BCUT2D eigenvalue weighted by Crippen LogP contribution is 2.34. The highest BCUT2D eigenvalue weighted by Gasteiger charge is 2.20. The lowest BCUT2D eigenvalue weighted by Crippen LogP contribution is -2.10. The summed E-state index contributed by atoms with van der Waals surface area (Å²) in [7, 11) is 0. The van der Waals surface area contributed by atoms with Gasteiger partial charge in [0.05, 0.1) is 10.1 Å². The van der Waals surface area contributed by atoms with Crippen LogP contribution >= 0.6 is 11.8 Å². The van der Waals surface area contributed by atoms with Crippen molar-refractivity contribution in [2.75, 3.05) is 0 Å². The summed E-state index contributed by atoms with van der Waals surface area (Å²) in [6, 6.07) is 3.76. The van der Waals surface area contributed by atoms with Gasteiger partial charge >= 0.3 is 0 Å². The maximum Gasteiger partial charge on any atom is 0.130 e. The molecular formula is C11H10F2N2S. The number of allylic oxidation sites excluding steroid dienone is 2. The van der Waals surface area contributed by atoms with Crippen LogP contribution in [0.5, 0.6) is 0 Å². The predicted octanol–water partition coefficient (Wildman–Crippen LogP) is 2.40. The van der Waals surface area contributed by atoms with Gasteiger partial charge < -0.3 is 11.5 Å². The zero-order chi connectivity index (χ0) is 11.7. The molecule has 0 aliphatic carbocycles. The number of hydrogen-bond donors (Lipinski definition) is 2. The number of nitrogens with two attached hydrogens (primary N) is 2. The second kappa shape index (κ2) is 4.17. The molecule has 1 aromatic carbocycles. The Hall–Kier alpha value is -1.49. The van der Waals surface area contributed by atoms with Crippen LogP contribution in [0.2, 0.25) is 0 Å². The molecule has 0 spiro atoms. The van der Waals surface area contributed by atoms with Gasteiger partial charge in [-0.25, -0.2) is 8.78 Å². The van der Waals surface area contributed by atoms with E-state index in [1.807, 2.05) is 0 Å². The van der Waals surface area contributed by atoms with Gasteiger partial charge in [-0.3, -0.25) is 0 Å². The van der Waals surface area contributed by atoms with Crippen LogP contribution in [0.15, 0.2) is 40.4 Å². The third kappa shape index (κ3) is 2.04. The molecule has 0 amide bonds. The van der Waals surface area contributed by atoms with E-state index in [1.165, 1.54) is 30.0 Å². The van der Waals surface area contributed by atoms with Gasteiger partial charge in [-0.1, -0.05) is 17.8 Å². The first-order valence-electron chi connectivity index (χ1n) is 4.64. The van der Waals surface area contributed by atoms with E-state index in [2.05, 4.69) is 0 Å². The highest BCUT2D eigenvalue weighted by atomic mass is 32.2. The Morgan fingerprint density at radius 3 is 2.00 bits per heavy atom. The molecule has 0 saturated heterocycles. The minimum absolute atomic E-state index is 0.0197. The average molecular weight is 240 g/mol. The highest BCUT2D eigenvalue weighted by molar-refractivity contribution is 8.06. The summed E-state index contributed by atoms with van der Waals surface area (Å²) in [6.07, 6.45) is 3.17. The lowest BCUT2D eigenvalue weighted by atomic mass is 9.97. The third-order valence-corrected chi connectivity index (χ3v) is 3.00. The summed E-state index contributed by atoms with van der Waals surface area (Å²) in [5, 5.41) is 0.903. The number of rotatable bonds is 1. The molecule has 0 fully saturated rings. The standard InChI is InChI=1S/C11H10F2N2S/c12-7-2-1-3-8(13)11(7)6-4-9(14)16-10(15)5-6/h1-6H,14-15H2. The van der Waals surface area contributed by atoms with Crippen LogP contribution in [0.25, 0.3) is 0 Å². The summed E-state index contributed by atoms with van der Waals surface area (Å²) in [6.45, 7) is 0. The molecule has 4 N–H and O–H groups in total. The lowest BCUT2D eigenvalue weighted by Gasteiger charge is -2.17. The molecule has 1 aliphatic heterocycles. The quantitative estimate of drug-likeness (QED) is 0.792. The normalized spacial score (nSPS) is 16.9. The van der Waals surface area contributed by atoms with E-state index in [1.54, 1.807) is 12.2 Å². The van der Waals surface area contributed by atoms with E-state index in [0.717, 1.165) is 0 Å². The van der Waals surface area contributed by atoms with E-state index < -0.39 is 17.6 Å². The van der Waals surface area contributed by atoms with Crippen molar-refractivity contribution in [2.24, 2.45) is 11.5 Å². The second-order valence-corrected chi connectivity index (χ2v) is 4.55. The molecule has 84 valence electrons. The van der Waals surface area contributed by atoms with E-state index >= 15 is 0 Å². The van der Waals surface area contributed by atoms with Gasteiger partial charge in [-0.15, -0.1) is 0 Å².